The molecule has 1 aliphatic heterocycles. The van der Waals surface area contributed by atoms with E-state index in [1.807, 2.05) is 0 Å². The van der Waals surface area contributed by atoms with Crippen LogP contribution in [0.25, 0.3) is 0 Å². The van der Waals surface area contributed by atoms with Crippen LogP contribution in [-0.4, -0.2) is 68.8 Å². The van der Waals surface area contributed by atoms with Gasteiger partial charge in [0.2, 0.25) is 0 Å². The van der Waals surface area contributed by atoms with Crippen molar-refractivity contribution in [2.24, 2.45) is 11.7 Å². The zero-order valence-electron chi connectivity index (χ0n) is 28.2. The van der Waals surface area contributed by atoms with E-state index in [0.717, 1.165) is 76.9 Å². The zero-order valence-corrected chi connectivity index (χ0v) is 28.2. The van der Waals surface area contributed by atoms with Crippen LogP contribution in [0.3, 0.4) is 0 Å². The van der Waals surface area contributed by atoms with Gasteiger partial charge in [0.15, 0.2) is 0 Å². The standard InChI is InChI=1S/C37H69N3O2/c1-4-7-9-10-11-12-13-14-15-16-17-18-19-21-35-30-36(32-37(31-35)42-33-34(6-3)20-8-5-2)41-29-28-40-26-24-39(23-22-38)25-27-40/h30-32,34H,4-29,33,38H2,1-3H3. The van der Waals surface area contributed by atoms with Crippen LogP contribution in [0.4, 0.5) is 0 Å². The summed E-state index contributed by atoms with van der Waals surface area (Å²) in [5.41, 5.74) is 7.09. The van der Waals surface area contributed by atoms with Crippen LogP contribution < -0.4 is 15.2 Å². The third kappa shape index (κ3) is 17.7. The van der Waals surface area contributed by atoms with Crippen molar-refractivity contribution in [3.63, 3.8) is 0 Å². The molecule has 0 amide bonds. The van der Waals surface area contributed by atoms with E-state index >= 15 is 0 Å². The number of aryl methyl sites for hydroxylation is 1. The van der Waals surface area contributed by atoms with Crippen LogP contribution in [0.1, 0.15) is 135 Å². The van der Waals surface area contributed by atoms with Crippen LogP contribution in [0.5, 0.6) is 11.5 Å². The van der Waals surface area contributed by atoms with E-state index in [9.17, 15) is 0 Å². The molecule has 1 fully saturated rings. The zero-order chi connectivity index (χ0) is 30.1. The first kappa shape index (κ1) is 36.9. The fourth-order valence-corrected chi connectivity index (χ4v) is 6.11. The highest BCUT2D eigenvalue weighted by atomic mass is 16.5. The van der Waals surface area contributed by atoms with E-state index < -0.39 is 0 Å². The lowest BCUT2D eigenvalue weighted by molar-refractivity contribution is 0.119. The summed E-state index contributed by atoms with van der Waals surface area (Å²) in [6.07, 6.45) is 24.2. The highest BCUT2D eigenvalue weighted by Crippen LogP contribution is 2.26. The molecule has 42 heavy (non-hydrogen) atoms. The Labute approximate surface area is 261 Å². The summed E-state index contributed by atoms with van der Waals surface area (Å²) in [5.74, 6) is 2.60. The Hall–Kier alpha value is -1.30. The molecule has 2 N–H and O–H groups in total. The molecule has 0 saturated carbocycles. The molecule has 5 nitrogen and oxygen atoms in total. The van der Waals surface area contributed by atoms with Gasteiger partial charge in [-0.05, 0) is 42.9 Å². The molecule has 1 heterocycles. The van der Waals surface area contributed by atoms with Gasteiger partial charge < -0.3 is 15.2 Å². The average molecular weight is 588 g/mol. The minimum atomic E-state index is 0.636. The fraction of sp³-hybridized carbons (Fsp3) is 0.838. The molecule has 0 spiro atoms. The lowest BCUT2D eigenvalue weighted by Gasteiger charge is -2.34. The van der Waals surface area contributed by atoms with Gasteiger partial charge in [0.25, 0.3) is 0 Å². The highest BCUT2D eigenvalue weighted by Gasteiger charge is 2.16. The first-order chi connectivity index (χ1) is 20.7. The van der Waals surface area contributed by atoms with Crippen molar-refractivity contribution in [1.82, 2.24) is 9.80 Å². The van der Waals surface area contributed by atoms with E-state index in [4.69, 9.17) is 15.2 Å². The SMILES string of the molecule is CCCCCCCCCCCCCCCc1cc(OCCN2CCN(CCN)CC2)cc(OCC(CC)CCCC)c1. The minimum Gasteiger partial charge on any atom is -0.493 e. The number of unbranched alkanes of at least 4 members (excludes halogenated alkanes) is 13. The van der Waals surface area contributed by atoms with Gasteiger partial charge in [-0.15, -0.1) is 0 Å². The van der Waals surface area contributed by atoms with Crippen LogP contribution >= 0.6 is 0 Å². The van der Waals surface area contributed by atoms with Crippen molar-refractivity contribution in [3.05, 3.63) is 23.8 Å². The second kappa shape index (κ2) is 25.1. The highest BCUT2D eigenvalue weighted by molar-refractivity contribution is 5.38. The van der Waals surface area contributed by atoms with Gasteiger partial charge in [0.05, 0.1) is 6.61 Å². The lowest BCUT2D eigenvalue weighted by Crippen LogP contribution is -2.48. The number of piperazine rings is 1. The van der Waals surface area contributed by atoms with Crippen LogP contribution in [0.15, 0.2) is 18.2 Å². The normalized spacial score (nSPS) is 15.2. The maximum absolute atomic E-state index is 6.38. The number of ether oxygens (including phenoxy) is 2. The van der Waals surface area contributed by atoms with E-state index in [-0.39, 0.29) is 0 Å². The summed E-state index contributed by atoms with van der Waals surface area (Å²) in [6.45, 7) is 15.6. The van der Waals surface area contributed by atoms with Crippen molar-refractivity contribution in [2.75, 3.05) is 59.0 Å². The Bertz CT molecular complexity index is 751. The van der Waals surface area contributed by atoms with Gasteiger partial charge in [-0.1, -0.05) is 117 Å². The van der Waals surface area contributed by atoms with Gasteiger partial charge in [0.1, 0.15) is 18.1 Å². The summed E-state index contributed by atoms with van der Waals surface area (Å²) in [6, 6.07) is 6.66. The second-order valence-electron chi connectivity index (χ2n) is 12.9. The largest absolute Gasteiger partial charge is 0.493 e. The van der Waals surface area contributed by atoms with Crippen molar-refractivity contribution in [2.45, 2.75) is 136 Å². The van der Waals surface area contributed by atoms with Crippen molar-refractivity contribution in [1.29, 1.82) is 0 Å². The molecule has 1 aliphatic rings. The van der Waals surface area contributed by atoms with Crippen LogP contribution in [0.2, 0.25) is 0 Å². The lowest BCUT2D eigenvalue weighted by atomic mass is 10.0. The molecule has 5 heteroatoms. The third-order valence-corrected chi connectivity index (χ3v) is 9.12. The molecule has 0 aromatic heterocycles. The molecular weight excluding hydrogens is 518 g/mol. The summed E-state index contributed by atoms with van der Waals surface area (Å²) >= 11 is 0. The summed E-state index contributed by atoms with van der Waals surface area (Å²) in [4.78, 5) is 4.98. The monoisotopic (exact) mass is 588 g/mol. The molecule has 0 radical (unpaired) electrons. The maximum Gasteiger partial charge on any atom is 0.123 e. The van der Waals surface area contributed by atoms with Gasteiger partial charge >= 0.3 is 0 Å². The molecule has 0 aliphatic carbocycles. The Kier molecular flexibility index (Phi) is 22.0. The Morgan fingerprint density at radius 2 is 1.17 bits per heavy atom. The third-order valence-electron chi connectivity index (χ3n) is 9.12. The fourth-order valence-electron chi connectivity index (χ4n) is 6.11. The number of rotatable bonds is 27. The quantitative estimate of drug-likeness (QED) is 0.104. The minimum absolute atomic E-state index is 0.636. The number of nitrogens with two attached hydrogens (primary N) is 1. The number of nitrogens with zero attached hydrogens (tertiary/aromatic N) is 2. The number of hydrogen-bond acceptors (Lipinski definition) is 5. The van der Waals surface area contributed by atoms with Gasteiger partial charge in [-0.25, -0.2) is 0 Å². The molecule has 2 rings (SSSR count). The smallest absolute Gasteiger partial charge is 0.123 e. The Morgan fingerprint density at radius 3 is 1.71 bits per heavy atom. The molecule has 1 aromatic rings. The van der Waals surface area contributed by atoms with Gasteiger partial charge in [-0.2, -0.15) is 0 Å². The first-order valence-corrected chi connectivity index (χ1v) is 18.2. The molecule has 0 bridgehead atoms. The Balaban J connectivity index is 1.74. The van der Waals surface area contributed by atoms with Crippen LogP contribution in [0, 0.1) is 5.92 Å². The predicted molar refractivity (Wildman–Crippen MR) is 182 cm³/mol. The van der Waals surface area contributed by atoms with Crippen LogP contribution in [-0.2, 0) is 6.42 Å². The number of hydrogen-bond donors (Lipinski definition) is 1. The van der Waals surface area contributed by atoms with Crippen molar-refractivity contribution < 1.29 is 9.47 Å². The van der Waals surface area contributed by atoms with E-state index in [1.165, 1.54) is 115 Å². The van der Waals surface area contributed by atoms with Gasteiger partial charge in [0, 0.05) is 51.9 Å². The van der Waals surface area contributed by atoms with Crippen molar-refractivity contribution in [3.8, 4) is 11.5 Å². The molecule has 244 valence electrons. The van der Waals surface area contributed by atoms with Crippen molar-refractivity contribution >= 4 is 0 Å². The topological polar surface area (TPSA) is 51.0 Å². The Morgan fingerprint density at radius 1 is 0.643 bits per heavy atom. The summed E-state index contributed by atoms with van der Waals surface area (Å²) in [5, 5.41) is 0. The number of benzene rings is 1. The average Bonchev–Trinajstić information content (AvgIpc) is 3.00. The summed E-state index contributed by atoms with van der Waals surface area (Å²) < 4.78 is 12.7. The molecule has 1 unspecified atom stereocenters. The second-order valence-corrected chi connectivity index (χ2v) is 12.9. The summed E-state index contributed by atoms with van der Waals surface area (Å²) in [7, 11) is 0. The molecular formula is C37H69N3O2. The van der Waals surface area contributed by atoms with E-state index in [1.54, 1.807) is 0 Å². The van der Waals surface area contributed by atoms with E-state index in [2.05, 4.69) is 48.8 Å². The molecule has 1 aromatic carbocycles. The first-order valence-electron chi connectivity index (χ1n) is 18.2. The van der Waals surface area contributed by atoms with Gasteiger partial charge in [-0.3, -0.25) is 9.80 Å². The molecule has 1 atom stereocenters. The molecule has 1 saturated heterocycles. The predicted octanol–water partition coefficient (Wildman–Crippen LogP) is 8.87. The van der Waals surface area contributed by atoms with E-state index in [0.29, 0.717) is 5.92 Å². The maximum atomic E-state index is 6.38.